The maximum atomic E-state index is 10.1. The first-order chi connectivity index (χ1) is 6.65. The van der Waals surface area contributed by atoms with Gasteiger partial charge in [-0.3, -0.25) is 4.99 Å². The van der Waals surface area contributed by atoms with E-state index in [1.54, 1.807) is 6.21 Å². The highest BCUT2D eigenvalue weighted by molar-refractivity contribution is 9.10. The zero-order valence-electron chi connectivity index (χ0n) is 8.25. The summed E-state index contributed by atoms with van der Waals surface area (Å²) in [5, 5.41) is 0. The molecule has 0 aliphatic rings. The predicted molar refractivity (Wildman–Crippen MR) is 62.1 cm³/mol. The van der Waals surface area contributed by atoms with Gasteiger partial charge in [0.2, 0.25) is 0 Å². The van der Waals surface area contributed by atoms with Crippen LogP contribution in [0.4, 0.5) is 0 Å². The molecular weight excluding hydrogens is 242 g/mol. The molecular formula is C11H12BrNO. The van der Waals surface area contributed by atoms with E-state index in [0.717, 1.165) is 27.4 Å². The van der Waals surface area contributed by atoms with Gasteiger partial charge in [0.05, 0.1) is 6.54 Å². The quantitative estimate of drug-likeness (QED) is 0.602. The van der Waals surface area contributed by atoms with Crippen LogP contribution in [-0.2, 0) is 4.79 Å². The first kappa shape index (κ1) is 11.1. The smallest absolute Gasteiger partial charge is 0.141 e. The first-order valence-corrected chi connectivity index (χ1v) is 5.14. The van der Waals surface area contributed by atoms with E-state index in [1.165, 1.54) is 0 Å². The number of aldehydes is 1. The second kappa shape index (κ2) is 5.05. The molecule has 0 saturated heterocycles. The van der Waals surface area contributed by atoms with Crippen LogP contribution in [0.25, 0.3) is 0 Å². The Bertz CT molecular complexity index is 349. The van der Waals surface area contributed by atoms with E-state index in [9.17, 15) is 4.79 Å². The summed E-state index contributed by atoms with van der Waals surface area (Å²) < 4.78 is 1.07. The van der Waals surface area contributed by atoms with Crippen LogP contribution in [0, 0.1) is 13.8 Å². The van der Waals surface area contributed by atoms with Crippen LogP contribution in [0.1, 0.15) is 16.7 Å². The number of aliphatic imine (C=N–C) groups is 1. The molecule has 0 heterocycles. The van der Waals surface area contributed by atoms with E-state index >= 15 is 0 Å². The van der Waals surface area contributed by atoms with E-state index in [4.69, 9.17) is 0 Å². The van der Waals surface area contributed by atoms with Crippen LogP contribution in [0.15, 0.2) is 21.6 Å². The molecule has 0 bridgehead atoms. The number of hydrogen-bond acceptors (Lipinski definition) is 2. The summed E-state index contributed by atoms with van der Waals surface area (Å²) >= 11 is 3.43. The number of hydrogen-bond donors (Lipinski definition) is 0. The second-order valence-corrected chi connectivity index (χ2v) is 4.03. The third-order valence-corrected chi connectivity index (χ3v) is 2.42. The van der Waals surface area contributed by atoms with E-state index in [1.807, 2.05) is 26.0 Å². The van der Waals surface area contributed by atoms with Gasteiger partial charge in [-0.05, 0) is 42.7 Å². The van der Waals surface area contributed by atoms with Crippen molar-refractivity contribution in [1.29, 1.82) is 0 Å². The Morgan fingerprint density at radius 3 is 2.43 bits per heavy atom. The number of carbonyl (C=O) groups excluding carboxylic acids is 1. The fourth-order valence-corrected chi connectivity index (χ4v) is 2.00. The average molecular weight is 254 g/mol. The average Bonchev–Trinajstić information content (AvgIpc) is 2.09. The number of nitrogens with zero attached hydrogens (tertiary/aromatic N) is 1. The van der Waals surface area contributed by atoms with Crippen LogP contribution in [0.2, 0.25) is 0 Å². The molecule has 74 valence electrons. The van der Waals surface area contributed by atoms with Crippen molar-refractivity contribution in [1.82, 2.24) is 0 Å². The molecule has 14 heavy (non-hydrogen) atoms. The lowest BCUT2D eigenvalue weighted by atomic mass is 10.0. The molecule has 0 aliphatic carbocycles. The molecule has 2 nitrogen and oxygen atoms in total. The minimum absolute atomic E-state index is 0.231. The van der Waals surface area contributed by atoms with Crippen molar-refractivity contribution in [3.63, 3.8) is 0 Å². The molecule has 0 unspecified atom stereocenters. The van der Waals surface area contributed by atoms with E-state index in [-0.39, 0.29) is 6.54 Å². The fourth-order valence-electron chi connectivity index (χ4n) is 1.31. The Morgan fingerprint density at radius 2 is 1.93 bits per heavy atom. The maximum absolute atomic E-state index is 10.1. The third-order valence-electron chi connectivity index (χ3n) is 1.96. The summed E-state index contributed by atoms with van der Waals surface area (Å²) in [4.78, 5) is 14.1. The highest BCUT2D eigenvalue weighted by Crippen LogP contribution is 2.18. The van der Waals surface area contributed by atoms with Gasteiger partial charge in [-0.15, -0.1) is 0 Å². The lowest BCUT2D eigenvalue weighted by Gasteiger charge is -2.05. The SMILES string of the molecule is Cc1cc(Br)cc(C)c1C=NCC=O. The molecule has 0 radical (unpaired) electrons. The van der Waals surface area contributed by atoms with Gasteiger partial charge in [0.25, 0.3) is 0 Å². The summed E-state index contributed by atoms with van der Waals surface area (Å²) in [6.45, 7) is 4.29. The maximum Gasteiger partial charge on any atom is 0.141 e. The normalized spacial score (nSPS) is 10.8. The molecule has 0 spiro atoms. The van der Waals surface area contributed by atoms with Crippen molar-refractivity contribution in [2.24, 2.45) is 4.99 Å². The van der Waals surface area contributed by atoms with Crippen LogP contribution in [0.3, 0.4) is 0 Å². The molecule has 0 aliphatic heterocycles. The van der Waals surface area contributed by atoms with Crippen molar-refractivity contribution in [3.8, 4) is 0 Å². The summed E-state index contributed by atoms with van der Waals surface area (Å²) in [6.07, 6.45) is 2.55. The van der Waals surface area contributed by atoms with Crippen molar-refractivity contribution in [3.05, 3.63) is 33.3 Å². The minimum atomic E-state index is 0.231. The Morgan fingerprint density at radius 1 is 1.36 bits per heavy atom. The highest BCUT2D eigenvalue weighted by atomic mass is 79.9. The molecule has 0 N–H and O–H groups in total. The lowest BCUT2D eigenvalue weighted by Crippen LogP contribution is -1.93. The summed E-state index contributed by atoms with van der Waals surface area (Å²) in [5.41, 5.74) is 3.41. The minimum Gasteiger partial charge on any atom is -0.301 e. The molecule has 0 amide bonds. The molecule has 1 aromatic carbocycles. The van der Waals surface area contributed by atoms with Crippen LogP contribution < -0.4 is 0 Å². The number of rotatable bonds is 3. The van der Waals surface area contributed by atoms with Gasteiger partial charge < -0.3 is 4.79 Å². The zero-order chi connectivity index (χ0) is 10.6. The van der Waals surface area contributed by atoms with Gasteiger partial charge in [0.15, 0.2) is 0 Å². The Balaban J connectivity index is 3.02. The van der Waals surface area contributed by atoms with E-state index < -0.39 is 0 Å². The van der Waals surface area contributed by atoms with Crippen LogP contribution >= 0.6 is 15.9 Å². The van der Waals surface area contributed by atoms with Gasteiger partial charge >= 0.3 is 0 Å². The number of aryl methyl sites for hydroxylation is 2. The van der Waals surface area contributed by atoms with Gasteiger partial charge in [-0.25, -0.2) is 0 Å². The summed E-state index contributed by atoms with van der Waals surface area (Å²) in [6, 6.07) is 4.07. The third kappa shape index (κ3) is 2.77. The molecule has 0 aromatic heterocycles. The van der Waals surface area contributed by atoms with Crippen molar-refractivity contribution in [2.45, 2.75) is 13.8 Å². The second-order valence-electron chi connectivity index (χ2n) is 3.11. The lowest BCUT2D eigenvalue weighted by molar-refractivity contribution is -0.106. The molecule has 1 rings (SSSR count). The van der Waals surface area contributed by atoms with Gasteiger partial charge in [0, 0.05) is 10.7 Å². The molecule has 1 aromatic rings. The van der Waals surface area contributed by atoms with E-state index in [2.05, 4.69) is 20.9 Å². The van der Waals surface area contributed by atoms with E-state index in [0.29, 0.717) is 0 Å². The summed E-state index contributed by atoms with van der Waals surface area (Å²) in [5.74, 6) is 0. The molecule has 0 fully saturated rings. The fraction of sp³-hybridized carbons (Fsp3) is 0.273. The standard InChI is InChI=1S/C11H12BrNO/c1-8-5-10(12)6-9(2)11(8)7-13-3-4-14/h4-7H,3H2,1-2H3. The predicted octanol–water partition coefficient (Wildman–Crippen LogP) is 2.68. The molecule has 0 saturated carbocycles. The molecule has 3 heteroatoms. The van der Waals surface area contributed by atoms with Gasteiger partial charge in [-0.2, -0.15) is 0 Å². The van der Waals surface area contributed by atoms with Crippen molar-refractivity contribution >= 4 is 28.4 Å². The van der Waals surface area contributed by atoms with Gasteiger partial charge in [0.1, 0.15) is 6.29 Å². The Kier molecular flexibility index (Phi) is 4.01. The topological polar surface area (TPSA) is 29.4 Å². The summed E-state index contributed by atoms with van der Waals surface area (Å²) in [7, 11) is 0. The number of carbonyl (C=O) groups is 1. The Labute approximate surface area is 92.2 Å². The van der Waals surface area contributed by atoms with Crippen LogP contribution in [0.5, 0.6) is 0 Å². The monoisotopic (exact) mass is 253 g/mol. The molecule has 0 atom stereocenters. The van der Waals surface area contributed by atoms with Crippen molar-refractivity contribution in [2.75, 3.05) is 6.54 Å². The van der Waals surface area contributed by atoms with Gasteiger partial charge in [-0.1, -0.05) is 15.9 Å². The highest BCUT2D eigenvalue weighted by Gasteiger charge is 2.00. The number of benzene rings is 1. The van der Waals surface area contributed by atoms with Crippen molar-refractivity contribution < 1.29 is 4.79 Å². The zero-order valence-corrected chi connectivity index (χ0v) is 9.84. The Hall–Kier alpha value is -0.960. The van der Waals surface area contributed by atoms with Crippen LogP contribution in [-0.4, -0.2) is 19.0 Å². The number of halogens is 1. The largest absolute Gasteiger partial charge is 0.301 e. The first-order valence-electron chi connectivity index (χ1n) is 4.35.